The first-order valence-corrected chi connectivity index (χ1v) is 10.4. The van der Waals surface area contributed by atoms with Gasteiger partial charge in [-0.15, -0.1) is 0 Å². The summed E-state index contributed by atoms with van der Waals surface area (Å²) in [5.41, 5.74) is 3.58. The quantitative estimate of drug-likeness (QED) is 0.363. The van der Waals surface area contributed by atoms with Gasteiger partial charge < -0.3 is 19.9 Å². The molecule has 0 heterocycles. The van der Waals surface area contributed by atoms with Gasteiger partial charge in [0, 0.05) is 12.6 Å². The number of aliphatic hydroxyl groups is 1. The van der Waals surface area contributed by atoms with E-state index in [2.05, 4.69) is 16.7 Å². The topological polar surface area (TPSA) is 105 Å². The van der Waals surface area contributed by atoms with Crippen LogP contribution in [0, 0.1) is 0 Å². The monoisotopic (exact) mass is 412 g/mol. The van der Waals surface area contributed by atoms with Gasteiger partial charge in [-0.05, 0) is 62.1 Å². The molecule has 3 rings (SSSR count). The lowest BCUT2D eigenvalue weighted by molar-refractivity contribution is -0.116. The zero-order valence-corrected chi connectivity index (χ0v) is 17.5. The van der Waals surface area contributed by atoms with E-state index >= 15 is 0 Å². The van der Waals surface area contributed by atoms with E-state index in [1.165, 1.54) is 0 Å². The summed E-state index contributed by atoms with van der Waals surface area (Å²) >= 11 is 0. The maximum atomic E-state index is 12.8. The van der Waals surface area contributed by atoms with Crippen LogP contribution in [-0.4, -0.2) is 43.2 Å². The van der Waals surface area contributed by atoms with Crippen molar-refractivity contribution < 1.29 is 24.8 Å². The summed E-state index contributed by atoms with van der Waals surface area (Å²) in [4.78, 5) is 12.8. The van der Waals surface area contributed by atoms with Crippen molar-refractivity contribution in [2.45, 2.75) is 32.7 Å². The number of hydrogen-bond acceptors (Lipinski definition) is 5. The van der Waals surface area contributed by atoms with Crippen LogP contribution in [0.4, 0.5) is 0 Å². The number of aliphatic hydroxyl groups excluding tert-OH is 1. The number of hydrogen-bond donors (Lipinski definition) is 4. The average Bonchev–Trinajstić information content (AvgIpc) is 3.16. The molecule has 1 unspecified atom stereocenters. The van der Waals surface area contributed by atoms with E-state index < -0.39 is 0 Å². The Balaban J connectivity index is 1.76. The Morgan fingerprint density at radius 1 is 1.17 bits per heavy atom. The Morgan fingerprint density at radius 3 is 2.67 bits per heavy atom. The number of nitrogens with one attached hydrogen (secondary N) is 2. The summed E-state index contributed by atoms with van der Waals surface area (Å²) in [6.45, 7) is 5.41. The molecule has 1 atom stereocenters. The van der Waals surface area contributed by atoms with Crippen molar-refractivity contribution in [3.05, 3.63) is 58.7 Å². The van der Waals surface area contributed by atoms with Gasteiger partial charge in [-0.1, -0.05) is 12.1 Å². The predicted octanol–water partition coefficient (Wildman–Crippen LogP) is 0.989. The van der Waals surface area contributed by atoms with E-state index in [1.54, 1.807) is 18.2 Å². The fraction of sp³-hybridized carbons (Fsp3) is 0.391. The molecule has 1 aliphatic carbocycles. The molecule has 7 heteroatoms. The lowest BCUT2D eigenvalue weighted by atomic mass is 10.0. The maximum absolute atomic E-state index is 12.8. The average molecular weight is 413 g/mol. The fourth-order valence-electron chi connectivity index (χ4n) is 3.81. The van der Waals surface area contributed by atoms with Crippen molar-refractivity contribution in [1.29, 1.82) is 0 Å². The summed E-state index contributed by atoms with van der Waals surface area (Å²) in [6, 6.07) is 11.2. The van der Waals surface area contributed by atoms with Crippen LogP contribution in [0.5, 0.6) is 11.5 Å². The molecule has 0 bridgehead atoms. The number of rotatable bonds is 9. The van der Waals surface area contributed by atoms with Crippen LogP contribution in [0.3, 0.4) is 0 Å². The van der Waals surface area contributed by atoms with E-state index in [1.807, 2.05) is 26.0 Å². The highest BCUT2D eigenvalue weighted by atomic mass is 16.5. The molecule has 0 saturated heterocycles. The van der Waals surface area contributed by atoms with Gasteiger partial charge in [0.2, 0.25) is 0 Å². The molecule has 2 aromatic carbocycles. The number of fused-ring (bicyclic) bond motifs is 1. The predicted molar refractivity (Wildman–Crippen MR) is 115 cm³/mol. The third kappa shape index (κ3) is 4.80. The van der Waals surface area contributed by atoms with Gasteiger partial charge in [-0.3, -0.25) is 5.41 Å². The van der Waals surface area contributed by atoms with Gasteiger partial charge in [0.25, 0.3) is 5.84 Å². The Bertz CT molecular complexity index is 913. The standard InChI is InChI=1S/C23H29N3O4/c1-3-29-20-11-8-15(14-21(20)30-4-2)23(28)26-22(24)18-7-5-6-17-16(18)9-10-19(17)25-12-13-27/h5-8,11,14,19,25,27H,3-4,9-10,12-13H2,1-2H3,(H2,24,26,28)/p+1. The van der Waals surface area contributed by atoms with Crippen LogP contribution in [0.1, 0.15) is 53.4 Å². The molecule has 5 N–H and O–H groups in total. The Morgan fingerprint density at radius 2 is 1.93 bits per heavy atom. The van der Waals surface area contributed by atoms with Crippen LogP contribution >= 0.6 is 0 Å². The maximum Gasteiger partial charge on any atom is 0.339 e. The Labute approximate surface area is 176 Å². The minimum absolute atomic E-state index is 0.0989. The van der Waals surface area contributed by atoms with E-state index in [4.69, 9.17) is 20.0 Å². The molecule has 0 saturated carbocycles. The first-order chi connectivity index (χ1) is 14.6. The second kappa shape index (κ2) is 10.2. The highest BCUT2D eigenvalue weighted by molar-refractivity contribution is 6.11. The lowest BCUT2D eigenvalue weighted by Gasteiger charge is -2.14. The first kappa shape index (κ1) is 21.8. The number of carbonyl (C=O) groups is 1. The Hall–Kier alpha value is -2.90. The van der Waals surface area contributed by atoms with E-state index in [0.717, 1.165) is 29.5 Å². The summed E-state index contributed by atoms with van der Waals surface area (Å²) in [6.07, 6.45) is 1.80. The number of carbonyl (C=O) groups excluding carboxylic acids is 1. The third-order valence-corrected chi connectivity index (χ3v) is 5.12. The summed E-state index contributed by atoms with van der Waals surface area (Å²) in [5, 5.41) is 21.5. The number of nitrogens with two attached hydrogens (primary N) is 1. The molecule has 0 aliphatic heterocycles. The molecule has 7 nitrogen and oxygen atoms in total. The van der Waals surface area contributed by atoms with Crippen LogP contribution < -0.4 is 25.5 Å². The van der Waals surface area contributed by atoms with Crippen LogP contribution in [0.25, 0.3) is 0 Å². The largest absolute Gasteiger partial charge is 0.490 e. The first-order valence-electron chi connectivity index (χ1n) is 10.4. The minimum atomic E-state index is -0.304. The van der Waals surface area contributed by atoms with Gasteiger partial charge in [0.15, 0.2) is 11.5 Å². The highest BCUT2D eigenvalue weighted by Crippen LogP contribution is 2.33. The van der Waals surface area contributed by atoms with Crippen molar-refractivity contribution in [3.8, 4) is 11.5 Å². The number of amidine groups is 1. The summed E-state index contributed by atoms with van der Waals surface area (Å²) < 4.78 is 11.2. The van der Waals surface area contributed by atoms with E-state index in [9.17, 15) is 4.79 Å². The number of ether oxygens (including phenoxy) is 2. The lowest BCUT2D eigenvalue weighted by Crippen LogP contribution is -2.51. The molecule has 2 aromatic rings. The molecule has 1 aliphatic rings. The van der Waals surface area contributed by atoms with Crippen LogP contribution in [-0.2, 0) is 6.42 Å². The molecule has 30 heavy (non-hydrogen) atoms. The van der Waals surface area contributed by atoms with Crippen LogP contribution in [0.15, 0.2) is 36.4 Å². The normalized spacial score (nSPS) is 14.8. The second-order valence-corrected chi connectivity index (χ2v) is 7.04. The third-order valence-electron chi connectivity index (χ3n) is 5.12. The number of amides is 1. The van der Waals surface area contributed by atoms with E-state index in [0.29, 0.717) is 42.7 Å². The minimum Gasteiger partial charge on any atom is -0.490 e. The summed E-state index contributed by atoms with van der Waals surface area (Å²) in [7, 11) is 0. The molecule has 160 valence electrons. The molecule has 0 radical (unpaired) electrons. The van der Waals surface area contributed by atoms with Gasteiger partial charge in [0.05, 0.1) is 30.9 Å². The molecular weight excluding hydrogens is 382 g/mol. The van der Waals surface area contributed by atoms with Crippen molar-refractivity contribution in [2.75, 3.05) is 26.4 Å². The molecular formula is C23H30N3O4+. The molecule has 0 spiro atoms. The van der Waals surface area contributed by atoms with Gasteiger partial charge in [-0.25, -0.2) is 10.1 Å². The zero-order chi connectivity index (χ0) is 21.5. The van der Waals surface area contributed by atoms with Crippen molar-refractivity contribution in [2.24, 2.45) is 0 Å². The molecule has 1 amide bonds. The van der Waals surface area contributed by atoms with Gasteiger partial charge >= 0.3 is 5.91 Å². The van der Waals surface area contributed by atoms with Crippen LogP contribution in [0.2, 0.25) is 0 Å². The van der Waals surface area contributed by atoms with Crippen molar-refractivity contribution in [3.63, 3.8) is 0 Å². The van der Waals surface area contributed by atoms with Gasteiger partial charge in [-0.2, -0.15) is 0 Å². The molecule has 0 fully saturated rings. The van der Waals surface area contributed by atoms with Crippen molar-refractivity contribution in [1.82, 2.24) is 10.6 Å². The number of benzene rings is 2. The SMILES string of the molecule is CCOc1ccc(C(=O)NC(=[NH2+])c2cccc3c2CCC3NCCO)cc1OCC. The van der Waals surface area contributed by atoms with Crippen molar-refractivity contribution >= 4 is 11.7 Å². The smallest absolute Gasteiger partial charge is 0.339 e. The van der Waals surface area contributed by atoms with Gasteiger partial charge in [0.1, 0.15) is 0 Å². The zero-order valence-electron chi connectivity index (χ0n) is 17.5. The fourth-order valence-corrected chi connectivity index (χ4v) is 3.81. The highest BCUT2D eigenvalue weighted by Gasteiger charge is 2.28. The Kier molecular flexibility index (Phi) is 7.43. The summed E-state index contributed by atoms with van der Waals surface area (Å²) in [5.74, 6) is 1.16. The second-order valence-electron chi connectivity index (χ2n) is 7.04. The molecule has 0 aromatic heterocycles. The van der Waals surface area contributed by atoms with E-state index in [-0.39, 0.29) is 18.6 Å².